The van der Waals surface area contributed by atoms with Gasteiger partial charge in [-0.2, -0.15) is 0 Å². The third kappa shape index (κ3) is 16.8. The smallest absolute Gasteiger partial charge is 0.341 e. The first-order valence-electron chi connectivity index (χ1n) is 9.84. The van der Waals surface area contributed by atoms with E-state index in [1.54, 1.807) is 0 Å². The molecule has 0 unspecified atom stereocenters. The molecule has 2 aromatic rings. The van der Waals surface area contributed by atoms with E-state index in [1.165, 1.54) is 17.7 Å². The average molecular weight is 688 g/mol. The number of hydrogen-bond acceptors (Lipinski definition) is 2. The molecule has 33 heavy (non-hydrogen) atoms. The van der Waals surface area contributed by atoms with Gasteiger partial charge in [0, 0.05) is 0 Å². The molecular weight excluding hydrogens is 658 g/mol. The normalized spacial score (nSPS) is 8.97. The molecule has 0 spiro atoms. The summed E-state index contributed by atoms with van der Waals surface area (Å²) in [6, 6.07) is 5.80. The topological polar surface area (TPSA) is 106 Å². The molecule has 2 rings (SSSR count). The minimum absolute atomic E-state index is 0. The maximum atomic E-state index is 12.5. The molecule has 5 nitrogen and oxygen atoms in total. The van der Waals surface area contributed by atoms with Crippen LogP contribution in [0.15, 0.2) is 36.4 Å². The van der Waals surface area contributed by atoms with E-state index in [1.807, 2.05) is 0 Å². The van der Waals surface area contributed by atoms with Gasteiger partial charge in [-0.25, -0.2) is 27.2 Å². The fourth-order valence-electron chi connectivity index (χ4n) is 1.90. The van der Waals surface area contributed by atoms with Gasteiger partial charge in [0.1, 0.15) is 34.4 Å². The Bertz CT molecular complexity index is 711. The molecule has 0 aliphatic rings. The predicted molar refractivity (Wildman–Crippen MR) is 124 cm³/mol. The number of carbonyl (C=O) groups is 2. The van der Waals surface area contributed by atoms with Gasteiger partial charge < -0.3 is 15.7 Å². The van der Waals surface area contributed by atoms with Crippen molar-refractivity contribution in [2.24, 2.45) is 0 Å². The molecule has 11 heteroatoms. The third-order valence-corrected chi connectivity index (χ3v) is 9.06. The van der Waals surface area contributed by atoms with Gasteiger partial charge in [-0.05, 0) is 24.3 Å². The van der Waals surface area contributed by atoms with Crippen LogP contribution in [-0.2, 0) is 0 Å². The van der Waals surface area contributed by atoms with E-state index < -0.39 is 46.3 Å². The largest absolute Gasteiger partial charge is 0.477 e. The predicted octanol–water partition coefficient (Wildman–Crippen LogP) is 5.64. The zero-order valence-electron chi connectivity index (χ0n) is 19.0. The van der Waals surface area contributed by atoms with Crippen molar-refractivity contribution in [2.45, 2.75) is 45.4 Å². The molecule has 4 radical (unpaired) electrons. The molecule has 0 saturated carbocycles. The van der Waals surface area contributed by atoms with Crippen molar-refractivity contribution in [1.82, 2.24) is 0 Å². The van der Waals surface area contributed by atoms with E-state index in [0.717, 1.165) is 36.4 Å². The number of hydrogen-bond donors (Lipinski definition) is 2. The number of benzene rings is 2. The second-order valence-electron chi connectivity index (χ2n) is 5.72. The Hall–Kier alpha value is -1.34. The summed E-state index contributed by atoms with van der Waals surface area (Å²) >= 11 is 0.436. The van der Waals surface area contributed by atoms with Crippen LogP contribution in [0.3, 0.4) is 0 Å². The number of carboxylic acids is 2. The Balaban J connectivity index is -0.000000386. The van der Waals surface area contributed by atoms with Gasteiger partial charge in [0.05, 0.1) is 0 Å². The van der Waals surface area contributed by atoms with Gasteiger partial charge in [-0.15, -0.1) is 0 Å². The van der Waals surface area contributed by atoms with E-state index >= 15 is 0 Å². The maximum Gasteiger partial charge on any atom is 0.341 e. The molecule has 0 aliphatic carbocycles. The van der Waals surface area contributed by atoms with Crippen LogP contribution in [0.4, 0.5) is 17.6 Å². The molecule has 0 amide bonds. The second-order valence-corrected chi connectivity index (χ2v) is 16.6. The summed E-state index contributed by atoms with van der Waals surface area (Å²) < 4.78 is 56.0. The van der Waals surface area contributed by atoms with Gasteiger partial charge in [0.25, 0.3) is 0 Å². The van der Waals surface area contributed by atoms with Gasteiger partial charge in [-0.1, -0.05) is 12.1 Å². The molecule has 0 saturated heterocycles. The molecule has 184 valence electrons. The molecule has 0 aromatic heterocycles. The maximum absolute atomic E-state index is 12.5. The van der Waals surface area contributed by atoms with Crippen LogP contribution in [0.5, 0.6) is 0 Å². The summed E-state index contributed by atoms with van der Waals surface area (Å²) in [5.41, 5.74) is -1.82. The average Bonchev–Trinajstić information content (AvgIpc) is 2.70. The van der Waals surface area contributed by atoms with Crippen molar-refractivity contribution in [3.8, 4) is 0 Å². The van der Waals surface area contributed by atoms with Crippen molar-refractivity contribution in [1.29, 1.82) is 0 Å². The third-order valence-electron chi connectivity index (χ3n) is 3.35. The summed E-state index contributed by atoms with van der Waals surface area (Å²) in [4.78, 5) is 20.3. The van der Waals surface area contributed by atoms with Gasteiger partial charge in [-0.3, -0.25) is 0 Å². The molecule has 0 heterocycles. The van der Waals surface area contributed by atoms with Crippen molar-refractivity contribution in [3.63, 3.8) is 0 Å². The fourth-order valence-corrected chi connectivity index (χ4v) is 4.76. The molecule has 4 N–H and O–H groups in total. The van der Waals surface area contributed by atoms with Gasteiger partial charge in [0.2, 0.25) is 0 Å². The first kappa shape index (κ1) is 36.2. The quantitative estimate of drug-likeness (QED) is 0.303. The minimum Gasteiger partial charge on any atom is -0.477 e. The van der Waals surface area contributed by atoms with Crippen LogP contribution in [0.25, 0.3) is 0 Å². The summed E-state index contributed by atoms with van der Waals surface area (Å²) in [5, 5.41) is 16.5. The molecule has 0 bridgehead atoms. The van der Waals surface area contributed by atoms with Crippen LogP contribution in [0, 0.1) is 23.3 Å². The van der Waals surface area contributed by atoms with Gasteiger partial charge in [0.15, 0.2) is 0 Å². The second kappa shape index (κ2) is 22.4. The SMILES string of the molecule is C[CH2][Sn][CH2]C.C[CH2][Sn][CH2]C.O.O=C(O)c1c(F)cccc1F.O=C(O)c1c(F)cccc1F. The molecule has 0 aliphatic heterocycles. The Morgan fingerprint density at radius 1 is 0.636 bits per heavy atom. The fraction of sp³-hybridized carbons (Fsp3) is 0.364. The van der Waals surface area contributed by atoms with Crippen LogP contribution >= 0.6 is 0 Å². The van der Waals surface area contributed by atoms with Crippen LogP contribution in [0.2, 0.25) is 17.7 Å². The molecule has 2 aromatic carbocycles. The molecule has 0 fully saturated rings. The van der Waals surface area contributed by atoms with Crippen molar-refractivity contribution < 1.29 is 42.8 Å². The standard InChI is InChI=1S/2C7H4F2O2.4C2H5.H2O.2Sn/c2*8-4-2-1-3-5(9)6(4)7(10)11;4*1-2;;;/h2*1-3H,(H,10,11);4*1H2,2H3;1H2;;. The van der Waals surface area contributed by atoms with Crippen LogP contribution < -0.4 is 0 Å². The van der Waals surface area contributed by atoms with E-state index in [4.69, 9.17) is 10.2 Å². The number of halogens is 4. The zero-order chi connectivity index (χ0) is 25.1. The van der Waals surface area contributed by atoms with E-state index in [0.29, 0.717) is 0 Å². The first-order valence-corrected chi connectivity index (χ1v) is 17.9. The Kier molecular flexibility index (Phi) is 24.6. The van der Waals surface area contributed by atoms with Crippen LogP contribution in [0.1, 0.15) is 48.4 Å². The van der Waals surface area contributed by atoms with Crippen molar-refractivity contribution >= 4 is 54.2 Å². The molecular formula is C22H30F4O5Sn2. The minimum atomic E-state index is -1.60. The van der Waals surface area contributed by atoms with E-state index in [9.17, 15) is 27.2 Å². The Morgan fingerprint density at radius 3 is 0.939 bits per heavy atom. The number of aromatic carboxylic acids is 2. The van der Waals surface area contributed by atoms with Crippen LogP contribution in [-0.4, -0.2) is 69.9 Å². The molecule has 0 atom stereocenters. The summed E-state index contributed by atoms with van der Waals surface area (Å²) in [6.07, 6.45) is 0. The Morgan fingerprint density at radius 2 is 0.848 bits per heavy atom. The van der Waals surface area contributed by atoms with E-state index in [2.05, 4.69) is 27.7 Å². The summed E-state index contributed by atoms with van der Waals surface area (Å²) in [5.74, 6) is -7.42. The monoisotopic (exact) mass is 690 g/mol. The van der Waals surface area contributed by atoms with Gasteiger partial charge >= 0.3 is 99.7 Å². The first-order chi connectivity index (χ1) is 15.1. The number of carboxylic acid groups (broad SMARTS) is 2. The Labute approximate surface area is 212 Å². The zero-order valence-corrected chi connectivity index (χ0v) is 24.7. The summed E-state index contributed by atoms with van der Waals surface area (Å²) in [6.45, 7) is 9.15. The van der Waals surface area contributed by atoms with E-state index in [-0.39, 0.29) is 47.8 Å². The number of rotatable bonds is 6. The van der Waals surface area contributed by atoms with Crippen molar-refractivity contribution in [2.75, 3.05) is 0 Å². The van der Waals surface area contributed by atoms with Crippen molar-refractivity contribution in [3.05, 3.63) is 70.8 Å². The summed E-state index contributed by atoms with van der Waals surface area (Å²) in [7, 11) is 0.